The molecule has 2 aromatic heterocycles. The molecule has 4 atom stereocenters. The molecule has 12 heteroatoms. The standard InChI is InChI=1S/C24H31N5O7/c1-12(2)21(30)33-9-16-18(34-22(31)13(3)4)19(35-23(32)14(5)6)24(10-25,36-16)17-8-7-15-20(26)27-11-28-29(15)17/h7-8,11-14,16,18-19H,9H2,1-6H3,(H2,26,27,28)/t16?,18?,19?,24-/m0/s1. The van der Waals surface area contributed by atoms with Gasteiger partial charge >= 0.3 is 17.9 Å². The summed E-state index contributed by atoms with van der Waals surface area (Å²) in [5.41, 5.74) is 4.56. The quantitative estimate of drug-likeness (QED) is 0.413. The van der Waals surface area contributed by atoms with Crippen LogP contribution in [0.2, 0.25) is 0 Å². The number of carbonyl (C=O) groups excluding carboxylic acids is 3. The molecule has 1 aliphatic rings. The van der Waals surface area contributed by atoms with Crippen LogP contribution < -0.4 is 5.73 Å². The molecule has 2 aromatic rings. The first-order chi connectivity index (χ1) is 16.9. The molecule has 12 nitrogen and oxygen atoms in total. The summed E-state index contributed by atoms with van der Waals surface area (Å²) in [4.78, 5) is 41.5. The van der Waals surface area contributed by atoms with E-state index in [9.17, 15) is 19.6 Å². The molecule has 0 saturated carbocycles. The molecule has 1 saturated heterocycles. The van der Waals surface area contributed by atoms with E-state index in [1.807, 2.05) is 0 Å². The van der Waals surface area contributed by atoms with Crippen molar-refractivity contribution in [3.63, 3.8) is 0 Å². The van der Waals surface area contributed by atoms with Gasteiger partial charge in [-0.2, -0.15) is 10.4 Å². The van der Waals surface area contributed by atoms with E-state index in [0.717, 1.165) is 0 Å². The number of ether oxygens (including phenoxy) is 4. The number of fused-ring (bicyclic) bond motifs is 1. The van der Waals surface area contributed by atoms with Crippen molar-refractivity contribution in [2.45, 2.75) is 65.5 Å². The van der Waals surface area contributed by atoms with Gasteiger partial charge < -0.3 is 24.7 Å². The summed E-state index contributed by atoms with van der Waals surface area (Å²) in [5.74, 6) is -3.09. The predicted molar refractivity (Wildman–Crippen MR) is 125 cm³/mol. The maximum absolute atomic E-state index is 12.8. The Kier molecular flexibility index (Phi) is 7.83. The van der Waals surface area contributed by atoms with Crippen LogP contribution in [-0.2, 0) is 38.9 Å². The molecule has 0 amide bonds. The van der Waals surface area contributed by atoms with Crippen LogP contribution in [0.4, 0.5) is 5.82 Å². The number of rotatable bonds is 8. The normalized spacial score (nSPS) is 23.7. The molecular formula is C24H31N5O7. The topological polar surface area (TPSA) is 168 Å². The average molecular weight is 502 g/mol. The molecule has 1 aliphatic heterocycles. The van der Waals surface area contributed by atoms with Crippen LogP contribution in [0.3, 0.4) is 0 Å². The molecule has 0 spiro atoms. The zero-order valence-electron chi connectivity index (χ0n) is 21.1. The second-order valence-corrected chi connectivity index (χ2v) is 9.52. The summed E-state index contributed by atoms with van der Waals surface area (Å²) < 4.78 is 24.4. The van der Waals surface area contributed by atoms with Crippen molar-refractivity contribution in [3.8, 4) is 6.07 Å². The van der Waals surface area contributed by atoms with E-state index in [0.29, 0.717) is 5.52 Å². The van der Waals surface area contributed by atoms with Crippen LogP contribution in [-0.4, -0.2) is 57.4 Å². The molecule has 0 aromatic carbocycles. The van der Waals surface area contributed by atoms with Gasteiger partial charge in [0, 0.05) is 0 Å². The Balaban J connectivity index is 2.16. The Morgan fingerprint density at radius 1 is 1.08 bits per heavy atom. The first kappa shape index (κ1) is 26.9. The summed E-state index contributed by atoms with van der Waals surface area (Å²) in [6.45, 7) is 9.52. The number of nitrogens with two attached hydrogens (primary N) is 1. The second kappa shape index (κ2) is 10.5. The van der Waals surface area contributed by atoms with E-state index in [2.05, 4.69) is 16.2 Å². The number of nitrogens with zero attached hydrogens (tertiary/aromatic N) is 4. The molecule has 0 bridgehead atoms. The highest BCUT2D eigenvalue weighted by Crippen LogP contribution is 2.44. The number of hydrogen-bond acceptors (Lipinski definition) is 11. The Hall–Kier alpha value is -3.72. The van der Waals surface area contributed by atoms with Crippen LogP contribution in [0.1, 0.15) is 47.2 Å². The Morgan fingerprint density at radius 3 is 2.28 bits per heavy atom. The lowest BCUT2D eigenvalue weighted by Gasteiger charge is -2.29. The average Bonchev–Trinajstić information content (AvgIpc) is 3.38. The Morgan fingerprint density at radius 2 is 1.69 bits per heavy atom. The largest absolute Gasteiger partial charge is 0.463 e. The maximum atomic E-state index is 12.8. The minimum Gasteiger partial charge on any atom is -0.463 e. The minimum atomic E-state index is -1.98. The predicted octanol–water partition coefficient (Wildman–Crippen LogP) is 1.76. The van der Waals surface area contributed by atoms with E-state index in [1.165, 1.54) is 10.8 Å². The third kappa shape index (κ3) is 4.97. The van der Waals surface area contributed by atoms with E-state index in [-0.39, 0.29) is 18.1 Å². The number of carbonyl (C=O) groups is 3. The monoisotopic (exact) mass is 501 g/mol. The first-order valence-electron chi connectivity index (χ1n) is 11.7. The molecule has 3 unspecified atom stereocenters. The van der Waals surface area contributed by atoms with Crippen molar-refractivity contribution in [1.82, 2.24) is 14.6 Å². The summed E-state index contributed by atoms with van der Waals surface area (Å²) in [5, 5.41) is 14.7. The van der Waals surface area contributed by atoms with Gasteiger partial charge in [0.05, 0.1) is 23.4 Å². The minimum absolute atomic E-state index is 0.156. The number of anilines is 1. The van der Waals surface area contributed by atoms with E-state index in [1.54, 1.807) is 53.7 Å². The Bertz CT molecular complexity index is 1190. The van der Waals surface area contributed by atoms with Crippen LogP contribution in [0.5, 0.6) is 0 Å². The smallest absolute Gasteiger partial charge is 0.308 e. The van der Waals surface area contributed by atoms with E-state index in [4.69, 9.17) is 24.7 Å². The molecule has 1 fully saturated rings. The van der Waals surface area contributed by atoms with Gasteiger partial charge in [-0.05, 0) is 12.1 Å². The third-order valence-corrected chi connectivity index (χ3v) is 5.73. The number of nitrogen functional groups attached to an aromatic ring is 1. The molecule has 2 N–H and O–H groups in total. The van der Waals surface area contributed by atoms with Crippen molar-refractivity contribution in [2.24, 2.45) is 17.8 Å². The van der Waals surface area contributed by atoms with Crippen LogP contribution >= 0.6 is 0 Å². The summed E-state index contributed by atoms with van der Waals surface area (Å²) in [6.07, 6.45) is -2.58. The van der Waals surface area contributed by atoms with Gasteiger partial charge in [-0.15, -0.1) is 0 Å². The van der Waals surface area contributed by atoms with E-state index < -0.39 is 59.6 Å². The highest BCUT2D eigenvalue weighted by atomic mass is 16.7. The highest BCUT2D eigenvalue weighted by Gasteiger charge is 2.63. The van der Waals surface area contributed by atoms with Gasteiger partial charge in [0.1, 0.15) is 30.6 Å². The van der Waals surface area contributed by atoms with Crippen molar-refractivity contribution in [2.75, 3.05) is 12.3 Å². The fourth-order valence-corrected chi connectivity index (χ4v) is 3.67. The van der Waals surface area contributed by atoms with Crippen LogP contribution in [0.15, 0.2) is 18.5 Å². The van der Waals surface area contributed by atoms with Crippen molar-refractivity contribution in [1.29, 1.82) is 5.26 Å². The molecule has 0 aliphatic carbocycles. The summed E-state index contributed by atoms with van der Waals surface area (Å²) in [6, 6.07) is 5.24. The zero-order valence-corrected chi connectivity index (χ0v) is 21.1. The number of nitriles is 1. The van der Waals surface area contributed by atoms with Crippen LogP contribution in [0, 0.1) is 29.1 Å². The van der Waals surface area contributed by atoms with Gasteiger partial charge in [0.2, 0.25) is 5.60 Å². The summed E-state index contributed by atoms with van der Waals surface area (Å²) in [7, 11) is 0. The zero-order chi connectivity index (χ0) is 26.8. The van der Waals surface area contributed by atoms with Gasteiger partial charge in [-0.3, -0.25) is 14.4 Å². The second-order valence-electron chi connectivity index (χ2n) is 9.52. The van der Waals surface area contributed by atoms with Crippen molar-refractivity contribution >= 4 is 29.2 Å². The molecule has 36 heavy (non-hydrogen) atoms. The van der Waals surface area contributed by atoms with Gasteiger partial charge in [-0.25, -0.2) is 9.50 Å². The number of hydrogen-bond donors (Lipinski definition) is 1. The molecule has 0 radical (unpaired) electrons. The lowest BCUT2D eigenvalue weighted by molar-refractivity contribution is -0.174. The molecule has 3 heterocycles. The fraction of sp³-hybridized carbons (Fsp3) is 0.583. The van der Waals surface area contributed by atoms with Gasteiger partial charge in [0.15, 0.2) is 18.0 Å². The lowest BCUT2D eigenvalue weighted by Crippen LogP contribution is -2.47. The number of esters is 3. The maximum Gasteiger partial charge on any atom is 0.308 e. The SMILES string of the molecule is CC(C)C(=O)OCC1O[C@@](C#N)(c2ccc3c(N)ncnn23)C(OC(=O)C(C)C)C1OC(=O)C(C)C. The van der Waals surface area contributed by atoms with Gasteiger partial charge in [-0.1, -0.05) is 41.5 Å². The van der Waals surface area contributed by atoms with E-state index >= 15 is 0 Å². The number of aromatic nitrogens is 3. The fourth-order valence-electron chi connectivity index (χ4n) is 3.67. The van der Waals surface area contributed by atoms with Gasteiger partial charge in [0.25, 0.3) is 0 Å². The molecule has 3 rings (SSSR count). The molecular weight excluding hydrogens is 470 g/mol. The van der Waals surface area contributed by atoms with Crippen molar-refractivity contribution in [3.05, 3.63) is 24.2 Å². The first-order valence-corrected chi connectivity index (χ1v) is 11.7. The Labute approximate surface area is 208 Å². The van der Waals surface area contributed by atoms with Crippen LogP contribution in [0.25, 0.3) is 5.52 Å². The third-order valence-electron chi connectivity index (χ3n) is 5.73. The van der Waals surface area contributed by atoms with Crippen molar-refractivity contribution < 1.29 is 33.3 Å². The molecule has 194 valence electrons. The summed E-state index contributed by atoms with van der Waals surface area (Å²) >= 11 is 0. The highest BCUT2D eigenvalue weighted by molar-refractivity contribution is 5.74. The lowest BCUT2D eigenvalue weighted by atomic mass is 9.91.